The van der Waals surface area contributed by atoms with Gasteiger partial charge in [0.15, 0.2) is 0 Å². The molecule has 1 aliphatic carbocycles. The van der Waals surface area contributed by atoms with Gasteiger partial charge in [0, 0.05) is 13.0 Å². The van der Waals surface area contributed by atoms with Crippen molar-refractivity contribution in [3.05, 3.63) is 54.2 Å². The van der Waals surface area contributed by atoms with Crippen LogP contribution in [0.25, 0.3) is 0 Å². The third-order valence-electron chi connectivity index (χ3n) is 5.77. The van der Waals surface area contributed by atoms with E-state index in [1.807, 2.05) is 58.0 Å². The fourth-order valence-corrected chi connectivity index (χ4v) is 3.89. The second-order valence-electron chi connectivity index (χ2n) is 7.30. The molecule has 1 fully saturated rings. The normalized spacial score (nSPS) is 17.8. The maximum absolute atomic E-state index is 12.1. The number of rotatable bonds is 4. The Bertz CT molecular complexity index is 822. The number of ether oxygens (including phenoxy) is 1. The first-order chi connectivity index (χ1) is 12.2. The lowest BCUT2D eigenvalue weighted by Gasteiger charge is -2.17. The Morgan fingerprint density at radius 3 is 2.04 bits per heavy atom. The van der Waals surface area contributed by atoms with E-state index >= 15 is 0 Å². The first-order valence-corrected chi connectivity index (χ1v) is 8.41. The molecule has 0 saturated heterocycles. The van der Waals surface area contributed by atoms with E-state index in [9.17, 15) is 9.90 Å². The zero-order valence-corrected chi connectivity index (χ0v) is 15.8. The van der Waals surface area contributed by atoms with E-state index < -0.39 is 11.4 Å². The van der Waals surface area contributed by atoms with Crippen molar-refractivity contribution < 1.29 is 14.6 Å². The highest BCUT2D eigenvalue weighted by Gasteiger charge is 2.83. The smallest absolute Gasteiger partial charge is 0.316 e. The summed E-state index contributed by atoms with van der Waals surface area (Å²) >= 11 is 0. The molecule has 0 unspecified atom stereocenters. The fourth-order valence-electron chi connectivity index (χ4n) is 3.89. The fraction of sp³-hybridized carbons (Fsp3) is 0.381. The third-order valence-corrected chi connectivity index (χ3v) is 5.77. The number of hydrogen-bond donors (Lipinski definition) is 1. The second kappa shape index (κ2) is 6.80. The maximum atomic E-state index is 12.1. The number of carboxylic acid groups (broad SMARTS) is 1. The average Bonchev–Trinajstić information content (AvgIpc) is 2.94. The van der Waals surface area contributed by atoms with Crippen LogP contribution in [0.15, 0.2) is 48.5 Å². The first kappa shape index (κ1) is 19.5. The van der Waals surface area contributed by atoms with Crippen molar-refractivity contribution in [3.63, 3.8) is 0 Å². The molecule has 5 heteroatoms. The molecule has 26 heavy (non-hydrogen) atoms. The van der Waals surface area contributed by atoms with Crippen molar-refractivity contribution in [2.24, 2.45) is 10.8 Å². The Kier molecular flexibility index (Phi) is 5.09. The molecule has 1 N–H and O–H groups in total. The summed E-state index contributed by atoms with van der Waals surface area (Å²) in [6, 6.07) is 16.4. The molecule has 0 aliphatic heterocycles. The Morgan fingerprint density at radius 2 is 1.58 bits per heavy atom. The summed E-state index contributed by atoms with van der Waals surface area (Å²) in [6.45, 7) is 9.35. The average molecular weight is 352 g/mol. The minimum absolute atomic E-state index is 0.385. The number of carboxylic acids is 1. The van der Waals surface area contributed by atoms with Gasteiger partial charge in [-0.3, -0.25) is 4.79 Å². The number of para-hydroxylation sites is 1. The van der Waals surface area contributed by atoms with E-state index in [1.165, 1.54) is 6.92 Å². The summed E-state index contributed by atoms with van der Waals surface area (Å²) in [7, 11) is 0. The van der Waals surface area contributed by atoms with Gasteiger partial charge in [-0.1, -0.05) is 52.0 Å². The molecule has 0 atom stereocenters. The Hall–Kier alpha value is -2.87. The number of pyridine rings is 1. The quantitative estimate of drug-likeness (QED) is 0.855. The number of carbonyl (C=O) groups is 1. The van der Waals surface area contributed by atoms with Crippen LogP contribution in [0.4, 0.5) is 0 Å². The monoisotopic (exact) mass is 352 g/mol. The number of aliphatic carboxylic acids is 1. The predicted molar refractivity (Wildman–Crippen MR) is 98.9 cm³/mol. The van der Waals surface area contributed by atoms with Gasteiger partial charge < -0.3 is 9.84 Å². The van der Waals surface area contributed by atoms with Crippen molar-refractivity contribution in [2.45, 2.75) is 40.0 Å². The van der Waals surface area contributed by atoms with Gasteiger partial charge in [0.1, 0.15) is 11.2 Å². The van der Waals surface area contributed by atoms with Crippen molar-refractivity contribution in [1.82, 2.24) is 4.98 Å². The van der Waals surface area contributed by atoms with Crippen molar-refractivity contribution >= 4 is 5.97 Å². The molecule has 1 heterocycles. The molecular weight excluding hydrogens is 328 g/mol. The lowest BCUT2D eigenvalue weighted by Crippen LogP contribution is -2.29. The summed E-state index contributed by atoms with van der Waals surface area (Å²) in [5.74, 6) is 0.250. The molecular formula is C21H24N2O3. The molecule has 0 bridgehead atoms. The molecule has 0 spiro atoms. The van der Waals surface area contributed by atoms with Gasteiger partial charge in [-0.05, 0) is 29.0 Å². The standard InChI is InChI=1S/C19H21NO3.C2H3N/c1-17(2)18(3,4)19(17,16(21)22)14-11-8-12-15(20-14)23-13-9-6-5-7-10-13;1-2-3/h5-12H,1-4H3,(H,21,22);1H3. The van der Waals surface area contributed by atoms with E-state index in [4.69, 9.17) is 10.00 Å². The van der Waals surface area contributed by atoms with Crippen LogP contribution in [-0.4, -0.2) is 16.1 Å². The van der Waals surface area contributed by atoms with Gasteiger partial charge in [-0.25, -0.2) is 4.98 Å². The highest BCUT2D eigenvalue weighted by molar-refractivity contribution is 5.89. The van der Waals surface area contributed by atoms with E-state index in [2.05, 4.69) is 4.98 Å². The van der Waals surface area contributed by atoms with Crippen LogP contribution in [0.1, 0.15) is 40.3 Å². The summed E-state index contributed by atoms with van der Waals surface area (Å²) in [6.07, 6.45) is 0. The molecule has 2 aromatic rings. The minimum atomic E-state index is -1.00. The molecule has 136 valence electrons. The summed E-state index contributed by atoms with van der Waals surface area (Å²) in [5.41, 5.74) is -1.22. The highest BCUT2D eigenvalue weighted by Crippen LogP contribution is 2.77. The maximum Gasteiger partial charge on any atom is 0.316 e. The van der Waals surface area contributed by atoms with Crippen LogP contribution in [0.2, 0.25) is 0 Å². The molecule has 0 radical (unpaired) electrons. The van der Waals surface area contributed by atoms with E-state index in [0.29, 0.717) is 17.3 Å². The Morgan fingerprint density at radius 1 is 1.04 bits per heavy atom. The molecule has 1 saturated carbocycles. The van der Waals surface area contributed by atoms with Crippen LogP contribution in [0.5, 0.6) is 11.6 Å². The first-order valence-electron chi connectivity index (χ1n) is 8.41. The molecule has 1 aromatic carbocycles. The topological polar surface area (TPSA) is 83.2 Å². The Balaban J connectivity index is 0.000000758. The SMILES string of the molecule is CC#N.CC1(C)C(C)(C)C1(C(=O)O)c1cccc(Oc2ccccc2)n1. The van der Waals surface area contributed by atoms with Crippen LogP contribution < -0.4 is 4.74 Å². The summed E-state index contributed by atoms with van der Waals surface area (Å²) in [5, 5.41) is 17.2. The van der Waals surface area contributed by atoms with Crippen LogP contribution >= 0.6 is 0 Å². The van der Waals surface area contributed by atoms with Crippen molar-refractivity contribution in [3.8, 4) is 17.7 Å². The van der Waals surface area contributed by atoms with Gasteiger partial charge in [-0.2, -0.15) is 5.26 Å². The lowest BCUT2D eigenvalue weighted by atomic mass is 9.90. The largest absolute Gasteiger partial charge is 0.481 e. The molecule has 1 aliphatic rings. The molecule has 1 aromatic heterocycles. The number of hydrogen-bond acceptors (Lipinski definition) is 4. The lowest BCUT2D eigenvalue weighted by molar-refractivity contribution is -0.141. The molecule has 0 amide bonds. The number of nitrogens with zero attached hydrogens (tertiary/aromatic N) is 2. The summed E-state index contributed by atoms with van der Waals surface area (Å²) in [4.78, 5) is 16.6. The van der Waals surface area contributed by atoms with E-state index in [-0.39, 0.29) is 10.8 Å². The van der Waals surface area contributed by atoms with Gasteiger partial charge in [0.2, 0.25) is 5.88 Å². The van der Waals surface area contributed by atoms with Crippen molar-refractivity contribution in [2.75, 3.05) is 0 Å². The zero-order chi connectivity index (χ0) is 19.6. The van der Waals surface area contributed by atoms with Gasteiger partial charge >= 0.3 is 5.97 Å². The van der Waals surface area contributed by atoms with Crippen LogP contribution in [-0.2, 0) is 10.2 Å². The van der Waals surface area contributed by atoms with Gasteiger partial charge in [0.25, 0.3) is 0 Å². The predicted octanol–water partition coefficient (Wildman–Crippen LogP) is 4.79. The van der Waals surface area contributed by atoms with E-state index in [1.54, 1.807) is 24.3 Å². The van der Waals surface area contributed by atoms with Crippen molar-refractivity contribution in [1.29, 1.82) is 5.26 Å². The minimum Gasteiger partial charge on any atom is -0.481 e. The highest BCUT2D eigenvalue weighted by atomic mass is 16.5. The third kappa shape index (κ3) is 2.72. The van der Waals surface area contributed by atoms with Gasteiger partial charge in [-0.15, -0.1) is 0 Å². The zero-order valence-electron chi connectivity index (χ0n) is 15.8. The van der Waals surface area contributed by atoms with Crippen LogP contribution in [0.3, 0.4) is 0 Å². The Labute approximate surface area is 154 Å². The molecule has 5 nitrogen and oxygen atoms in total. The number of aromatic nitrogens is 1. The number of nitriles is 1. The van der Waals surface area contributed by atoms with Crippen LogP contribution in [0, 0.1) is 22.2 Å². The van der Waals surface area contributed by atoms with Gasteiger partial charge in [0.05, 0.1) is 11.8 Å². The number of benzene rings is 1. The summed E-state index contributed by atoms with van der Waals surface area (Å²) < 4.78 is 5.75. The second-order valence-corrected chi connectivity index (χ2v) is 7.30. The molecule has 3 rings (SSSR count). The van der Waals surface area contributed by atoms with E-state index in [0.717, 1.165) is 0 Å².